The number of hydrogen-bond donors (Lipinski definition) is 0. The summed E-state index contributed by atoms with van der Waals surface area (Å²) in [5.74, 6) is 1.43. The molecule has 1 aliphatic carbocycles. The van der Waals surface area contributed by atoms with Crippen molar-refractivity contribution in [3.05, 3.63) is 0 Å². The number of carbonyl (C=O) groups excluding carboxylic acids is 1. The molecular weight excluding hydrogens is 236 g/mol. The lowest BCUT2D eigenvalue weighted by atomic mass is 9.68. The predicted octanol–water partition coefficient (Wildman–Crippen LogP) is 2.51. The van der Waals surface area contributed by atoms with Crippen molar-refractivity contribution in [1.29, 1.82) is 0 Å². The van der Waals surface area contributed by atoms with Gasteiger partial charge in [0.15, 0.2) is 0 Å². The van der Waals surface area contributed by atoms with E-state index in [1.807, 2.05) is 0 Å². The highest BCUT2D eigenvalue weighted by molar-refractivity contribution is 5.82. The summed E-state index contributed by atoms with van der Waals surface area (Å²) in [4.78, 5) is 16.6. The van der Waals surface area contributed by atoms with E-state index in [0.29, 0.717) is 17.1 Å². The van der Waals surface area contributed by atoms with Gasteiger partial charge < -0.3 is 9.80 Å². The summed E-state index contributed by atoms with van der Waals surface area (Å²) in [6.07, 6.45) is 2.95. The Morgan fingerprint density at radius 1 is 1.16 bits per heavy atom. The van der Waals surface area contributed by atoms with Crippen LogP contribution in [0.25, 0.3) is 0 Å². The summed E-state index contributed by atoms with van der Waals surface area (Å²) in [5.41, 5.74) is 0.334. The van der Waals surface area contributed by atoms with E-state index in [-0.39, 0.29) is 5.92 Å². The number of carbonyl (C=O) groups is 1. The van der Waals surface area contributed by atoms with Gasteiger partial charge in [-0.3, -0.25) is 4.79 Å². The molecule has 112 valence electrons. The van der Waals surface area contributed by atoms with Crippen molar-refractivity contribution in [3.63, 3.8) is 0 Å². The first-order valence-electron chi connectivity index (χ1n) is 7.56. The van der Waals surface area contributed by atoms with Crippen molar-refractivity contribution in [2.75, 3.05) is 40.8 Å². The molecule has 3 nitrogen and oxygen atoms in total. The van der Waals surface area contributed by atoms with Gasteiger partial charge in [0, 0.05) is 32.0 Å². The minimum atomic E-state index is 0.255. The monoisotopic (exact) mass is 268 g/mol. The molecular formula is C16H32N2O. The minimum Gasteiger partial charge on any atom is -0.308 e. The number of ketones is 1. The third-order valence-corrected chi connectivity index (χ3v) is 4.45. The van der Waals surface area contributed by atoms with Gasteiger partial charge in [0.05, 0.1) is 0 Å². The Bertz CT molecular complexity index is 294. The molecule has 0 spiro atoms. The highest BCUT2D eigenvalue weighted by atomic mass is 16.1. The van der Waals surface area contributed by atoms with Crippen LogP contribution >= 0.6 is 0 Å². The Hall–Kier alpha value is -0.410. The Labute approximate surface area is 119 Å². The second kappa shape index (κ2) is 6.85. The van der Waals surface area contributed by atoms with Gasteiger partial charge in [-0.1, -0.05) is 20.8 Å². The first-order valence-corrected chi connectivity index (χ1v) is 7.56. The topological polar surface area (TPSA) is 23.6 Å². The first kappa shape index (κ1) is 16.6. The van der Waals surface area contributed by atoms with Gasteiger partial charge in [-0.15, -0.1) is 0 Å². The molecule has 3 heteroatoms. The van der Waals surface area contributed by atoms with Crippen molar-refractivity contribution >= 4 is 5.78 Å². The number of likely N-dealkylation sites (N-methyl/N-ethyl adjacent to an activating group) is 2. The Morgan fingerprint density at radius 3 is 2.32 bits per heavy atom. The van der Waals surface area contributed by atoms with E-state index in [9.17, 15) is 4.79 Å². The van der Waals surface area contributed by atoms with Crippen LogP contribution in [0.1, 0.15) is 40.0 Å². The molecule has 0 aromatic heterocycles. The maximum absolute atomic E-state index is 12.1. The first-order chi connectivity index (χ1) is 8.70. The van der Waals surface area contributed by atoms with E-state index in [0.717, 1.165) is 38.9 Å². The van der Waals surface area contributed by atoms with Crippen molar-refractivity contribution in [2.24, 2.45) is 17.3 Å². The van der Waals surface area contributed by atoms with Gasteiger partial charge in [0.1, 0.15) is 5.78 Å². The van der Waals surface area contributed by atoms with Gasteiger partial charge in [0.25, 0.3) is 0 Å². The smallest absolute Gasteiger partial charge is 0.137 e. The van der Waals surface area contributed by atoms with E-state index >= 15 is 0 Å². The van der Waals surface area contributed by atoms with E-state index in [1.54, 1.807) is 0 Å². The van der Waals surface area contributed by atoms with Gasteiger partial charge >= 0.3 is 0 Å². The van der Waals surface area contributed by atoms with Crippen LogP contribution in [-0.4, -0.2) is 56.4 Å². The molecule has 0 radical (unpaired) electrons. The van der Waals surface area contributed by atoms with Crippen LogP contribution < -0.4 is 0 Å². The molecule has 0 aliphatic heterocycles. The summed E-state index contributed by atoms with van der Waals surface area (Å²) in [5, 5.41) is 0. The van der Waals surface area contributed by atoms with Crippen molar-refractivity contribution in [2.45, 2.75) is 40.0 Å². The number of rotatable bonds is 5. The van der Waals surface area contributed by atoms with Gasteiger partial charge in [-0.05, 0) is 45.3 Å². The van der Waals surface area contributed by atoms with Crippen LogP contribution in [0.4, 0.5) is 0 Å². The summed E-state index contributed by atoms with van der Waals surface area (Å²) in [7, 11) is 6.32. The zero-order chi connectivity index (χ0) is 14.6. The molecule has 0 bridgehead atoms. The molecule has 19 heavy (non-hydrogen) atoms. The lowest BCUT2D eigenvalue weighted by Gasteiger charge is -2.38. The maximum atomic E-state index is 12.1. The van der Waals surface area contributed by atoms with Crippen LogP contribution in [0.15, 0.2) is 0 Å². The standard InChI is InChI=1S/C16H32N2O/c1-16(2,3)14-7-8-15(19)13(11-14)12-18(6)10-9-17(4)5/h13-14H,7-12H2,1-6H3. The van der Waals surface area contributed by atoms with Crippen molar-refractivity contribution in [3.8, 4) is 0 Å². The van der Waals surface area contributed by atoms with E-state index < -0.39 is 0 Å². The summed E-state index contributed by atoms with van der Waals surface area (Å²) in [6.45, 7) is 9.94. The van der Waals surface area contributed by atoms with Gasteiger partial charge in [0.2, 0.25) is 0 Å². The highest BCUT2D eigenvalue weighted by Crippen LogP contribution is 2.39. The zero-order valence-corrected chi connectivity index (χ0v) is 13.7. The SMILES string of the molecule is CN(C)CCN(C)CC1CC(C(C)(C)C)CCC1=O. The fraction of sp³-hybridized carbons (Fsp3) is 0.938. The van der Waals surface area contributed by atoms with Crippen LogP contribution in [0, 0.1) is 17.3 Å². The number of Topliss-reactive ketones (excluding diaryl/α,β-unsaturated/α-hetero) is 1. The largest absolute Gasteiger partial charge is 0.308 e. The summed E-state index contributed by atoms with van der Waals surface area (Å²) >= 11 is 0. The average molecular weight is 268 g/mol. The minimum absolute atomic E-state index is 0.255. The summed E-state index contributed by atoms with van der Waals surface area (Å²) < 4.78 is 0. The van der Waals surface area contributed by atoms with Crippen LogP contribution in [0.5, 0.6) is 0 Å². The fourth-order valence-corrected chi connectivity index (χ4v) is 2.91. The normalized spacial score (nSPS) is 25.4. The molecule has 0 heterocycles. The van der Waals surface area contributed by atoms with E-state index in [1.165, 1.54) is 0 Å². The second-order valence-electron chi connectivity index (χ2n) is 7.57. The molecule has 1 rings (SSSR count). The molecule has 1 fully saturated rings. The molecule has 1 saturated carbocycles. The zero-order valence-electron chi connectivity index (χ0n) is 13.7. The Balaban J connectivity index is 2.48. The number of hydrogen-bond acceptors (Lipinski definition) is 3. The molecule has 2 atom stereocenters. The highest BCUT2D eigenvalue weighted by Gasteiger charge is 2.35. The third-order valence-electron chi connectivity index (χ3n) is 4.45. The Morgan fingerprint density at radius 2 is 1.79 bits per heavy atom. The molecule has 0 aromatic rings. The molecule has 0 aromatic carbocycles. The fourth-order valence-electron chi connectivity index (χ4n) is 2.91. The van der Waals surface area contributed by atoms with Crippen LogP contribution in [0.2, 0.25) is 0 Å². The quantitative estimate of drug-likeness (QED) is 0.765. The van der Waals surface area contributed by atoms with Gasteiger partial charge in [-0.2, -0.15) is 0 Å². The molecule has 0 saturated heterocycles. The average Bonchev–Trinajstić information content (AvgIpc) is 2.28. The molecule has 2 unspecified atom stereocenters. The summed E-state index contributed by atoms with van der Waals surface area (Å²) in [6, 6.07) is 0. The number of nitrogens with zero attached hydrogens (tertiary/aromatic N) is 2. The van der Waals surface area contributed by atoms with Crippen LogP contribution in [-0.2, 0) is 4.79 Å². The second-order valence-corrected chi connectivity index (χ2v) is 7.57. The third kappa shape index (κ3) is 5.62. The van der Waals surface area contributed by atoms with E-state index in [2.05, 4.69) is 51.7 Å². The predicted molar refractivity (Wildman–Crippen MR) is 81.3 cm³/mol. The lowest BCUT2D eigenvalue weighted by molar-refractivity contribution is -0.127. The Kier molecular flexibility index (Phi) is 6.00. The van der Waals surface area contributed by atoms with Gasteiger partial charge in [-0.25, -0.2) is 0 Å². The molecule has 0 amide bonds. The maximum Gasteiger partial charge on any atom is 0.137 e. The van der Waals surface area contributed by atoms with Crippen molar-refractivity contribution < 1.29 is 4.79 Å². The molecule has 1 aliphatic rings. The lowest BCUT2D eigenvalue weighted by Crippen LogP contribution is -2.39. The van der Waals surface area contributed by atoms with Crippen LogP contribution in [0.3, 0.4) is 0 Å². The molecule has 0 N–H and O–H groups in total. The van der Waals surface area contributed by atoms with E-state index in [4.69, 9.17) is 0 Å². The van der Waals surface area contributed by atoms with Crippen molar-refractivity contribution in [1.82, 2.24) is 9.80 Å².